The summed E-state index contributed by atoms with van der Waals surface area (Å²) in [6.07, 6.45) is 1.58. The largest absolute Gasteiger partial charge is 0.376 e. The first-order chi connectivity index (χ1) is 16.7. The number of carbonyl (C=O) groups is 2. The second-order valence-electron chi connectivity index (χ2n) is 9.49. The van der Waals surface area contributed by atoms with Crippen LogP contribution in [-0.2, 0) is 20.9 Å². The summed E-state index contributed by atoms with van der Waals surface area (Å²) in [5, 5.41) is 17.2. The average Bonchev–Trinajstić information content (AvgIpc) is 3.56. The molecule has 0 spiro atoms. The third-order valence-corrected chi connectivity index (χ3v) is 6.37. The van der Waals surface area contributed by atoms with Crippen LogP contribution in [0.4, 0.5) is 4.39 Å². The fourth-order valence-electron chi connectivity index (χ4n) is 3.90. The van der Waals surface area contributed by atoms with Gasteiger partial charge in [0.1, 0.15) is 18.4 Å². The second kappa shape index (κ2) is 10.6. The number of nitrogens with zero attached hydrogens (tertiary/aromatic N) is 5. The van der Waals surface area contributed by atoms with Crippen LogP contribution in [0.2, 0.25) is 0 Å². The van der Waals surface area contributed by atoms with Gasteiger partial charge in [-0.3, -0.25) is 9.59 Å². The number of hydrogen-bond acceptors (Lipinski definition) is 7. The van der Waals surface area contributed by atoms with Crippen LogP contribution in [0.5, 0.6) is 0 Å². The summed E-state index contributed by atoms with van der Waals surface area (Å²) < 4.78 is 19.0. The number of hydrogen-bond donors (Lipinski definition) is 1. The summed E-state index contributed by atoms with van der Waals surface area (Å²) >= 11 is 1.42. The number of rotatable bonds is 8. The van der Waals surface area contributed by atoms with E-state index < -0.39 is 11.6 Å². The molecule has 2 amide bonds. The van der Waals surface area contributed by atoms with Crippen LogP contribution in [0.25, 0.3) is 11.4 Å². The standard InChI is InChI=1S/C24H29FN6O3S/c1-24(2,3)26-23(33)21(19-7-5-13-35-19)30(14-18-6-4-12-34-18)20(32)15-31-28-22(27-29-31)16-8-10-17(25)11-9-16/h5,7-11,13,18,21H,4,6,12,14-15H2,1-3H3,(H,26,33)/t18-,21+/m1/s1. The molecule has 0 radical (unpaired) electrons. The molecule has 1 saturated heterocycles. The van der Waals surface area contributed by atoms with Gasteiger partial charge in [-0.2, -0.15) is 4.80 Å². The van der Waals surface area contributed by atoms with Crippen molar-refractivity contribution in [3.05, 3.63) is 52.5 Å². The molecule has 1 N–H and O–H groups in total. The molecular weight excluding hydrogens is 471 g/mol. The van der Waals surface area contributed by atoms with Crippen molar-refractivity contribution < 1.29 is 18.7 Å². The Kier molecular flexibility index (Phi) is 7.56. The predicted molar refractivity (Wildman–Crippen MR) is 129 cm³/mol. The molecule has 3 aromatic rings. The van der Waals surface area contributed by atoms with Gasteiger partial charge in [-0.05, 0) is 74.5 Å². The average molecular weight is 501 g/mol. The first-order valence-electron chi connectivity index (χ1n) is 11.5. The molecule has 0 saturated carbocycles. The third kappa shape index (κ3) is 6.49. The molecule has 0 bridgehead atoms. The Labute approximate surface area is 207 Å². The number of tetrazole rings is 1. The van der Waals surface area contributed by atoms with E-state index in [9.17, 15) is 14.0 Å². The van der Waals surface area contributed by atoms with Crippen molar-refractivity contribution in [3.63, 3.8) is 0 Å². The Morgan fingerprint density at radius 2 is 2.06 bits per heavy atom. The van der Waals surface area contributed by atoms with E-state index in [4.69, 9.17) is 4.74 Å². The van der Waals surface area contributed by atoms with Crippen molar-refractivity contribution in [1.29, 1.82) is 0 Å². The van der Waals surface area contributed by atoms with Crippen molar-refractivity contribution in [2.24, 2.45) is 0 Å². The quantitative estimate of drug-likeness (QED) is 0.510. The maximum Gasteiger partial charge on any atom is 0.248 e. The number of carbonyl (C=O) groups excluding carboxylic acids is 2. The summed E-state index contributed by atoms with van der Waals surface area (Å²) in [6.45, 7) is 6.41. The van der Waals surface area contributed by atoms with Crippen LogP contribution in [0, 0.1) is 5.82 Å². The van der Waals surface area contributed by atoms with Gasteiger partial charge in [0.05, 0.1) is 6.10 Å². The van der Waals surface area contributed by atoms with Crippen molar-refractivity contribution in [2.45, 2.75) is 57.8 Å². The van der Waals surface area contributed by atoms with Crippen LogP contribution in [0.15, 0.2) is 41.8 Å². The van der Waals surface area contributed by atoms with Crippen LogP contribution in [-0.4, -0.2) is 61.7 Å². The van der Waals surface area contributed by atoms with Gasteiger partial charge in [0.2, 0.25) is 17.6 Å². The fraction of sp³-hybridized carbons (Fsp3) is 0.458. The normalized spacial score (nSPS) is 16.7. The molecule has 186 valence electrons. The Balaban J connectivity index is 1.60. The molecular formula is C24H29FN6O3S. The van der Waals surface area contributed by atoms with Crippen molar-refractivity contribution in [2.75, 3.05) is 13.2 Å². The summed E-state index contributed by atoms with van der Waals surface area (Å²) in [5.74, 6) is -0.672. The molecule has 35 heavy (non-hydrogen) atoms. The van der Waals surface area contributed by atoms with Gasteiger partial charge < -0.3 is 15.0 Å². The lowest BCUT2D eigenvalue weighted by Gasteiger charge is -2.34. The van der Waals surface area contributed by atoms with E-state index in [0.717, 1.165) is 17.7 Å². The highest BCUT2D eigenvalue weighted by Gasteiger charge is 2.36. The van der Waals surface area contributed by atoms with Crippen LogP contribution in [0.1, 0.15) is 44.5 Å². The van der Waals surface area contributed by atoms with Gasteiger partial charge in [-0.25, -0.2) is 4.39 Å². The van der Waals surface area contributed by atoms with E-state index in [1.165, 1.54) is 28.3 Å². The maximum atomic E-state index is 13.6. The molecule has 2 aromatic heterocycles. The zero-order valence-electron chi connectivity index (χ0n) is 20.0. The first kappa shape index (κ1) is 24.9. The smallest absolute Gasteiger partial charge is 0.248 e. The third-order valence-electron chi connectivity index (χ3n) is 5.45. The lowest BCUT2D eigenvalue weighted by atomic mass is 10.1. The van der Waals surface area contributed by atoms with Crippen molar-refractivity contribution in [3.8, 4) is 11.4 Å². The summed E-state index contributed by atoms with van der Waals surface area (Å²) in [6, 6.07) is 8.62. The van der Waals surface area contributed by atoms with Gasteiger partial charge in [0, 0.05) is 29.1 Å². The number of benzene rings is 1. The molecule has 11 heteroatoms. The molecule has 1 aliphatic heterocycles. The molecule has 0 aliphatic carbocycles. The number of ether oxygens (including phenoxy) is 1. The molecule has 2 atom stereocenters. The Hall–Kier alpha value is -3.18. The second-order valence-corrected chi connectivity index (χ2v) is 10.5. The zero-order chi connectivity index (χ0) is 25.0. The Bertz CT molecular complexity index is 1140. The number of amides is 2. The van der Waals surface area contributed by atoms with Crippen molar-refractivity contribution >= 4 is 23.2 Å². The predicted octanol–water partition coefficient (Wildman–Crippen LogP) is 3.20. The van der Waals surface area contributed by atoms with E-state index in [1.54, 1.807) is 17.0 Å². The number of nitrogens with one attached hydrogen (secondary N) is 1. The minimum atomic E-state index is -0.814. The Morgan fingerprint density at radius 3 is 2.69 bits per heavy atom. The van der Waals surface area contributed by atoms with Gasteiger partial charge in [-0.15, -0.1) is 21.5 Å². The molecule has 3 heterocycles. The number of aromatic nitrogens is 4. The van der Waals surface area contributed by atoms with Gasteiger partial charge in [-0.1, -0.05) is 6.07 Å². The lowest BCUT2D eigenvalue weighted by Crippen LogP contribution is -2.51. The van der Waals surface area contributed by atoms with E-state index >= 15 is 0 Å². The van der Waals surface area contributed by atoms with E-state index in [0.29, 0.717) is 12.2 Å². The lowest BCUT2D eigenvalue weighted by molar-refractivity contribution is -0.144. The number of halogens is 1. The molecule has 0 unspecified atom stereocenters. The minimum absolute atomic E-state index is 0.151. The monoisotopic (exact) mass is 500 g/mol. The molecule has 9 nitrogen and oxygen atoms in total. The van der Waals surface area contributed by atoms with Gasteiger partial charge in [0.25, 0.3) is 0 Å². The summed E-state index contributed by atoms with van der Waals surface area (Å²) in [7, 11) is 0. The SMILES string of the molecule is CC(C)(C)NC(=O)[C@H](c1cccs1)N(C[C@H]1CCCO1)C(=O)Cn1nnc(-c2ccc(F)cc2)n1. The van der Waals surface area contributed by atoms with Gasteiger partial charge in [0.15, 0.2) is 0 Å². The van der Waals surface area contributed by atoms with E-state index in [1.807, 2.05) is 38.3 Å². The molecule has 1 aromatic carbocycles. The summed E-state index contributed by atoms with van der Waals surface area (Å²) in [4.78, 5) is 30.6. The van der Waals surface area contributed by atoms with Crippen LogP contribution < -0.4 is 5.32 Å². The molecule has 1 fully saturated rings. The van der Waals surface area contributed by atoms with E-state index in [-0.39, 0.29) is 42.6 Å². The van der Waals surface area contributed by atoms with E-state index in [2.05, 4.69) is 20.7 Å². The molecule has 1 aliphatic rings. The van der Waals surface area contributed by atoms with Crippen LogP contribution >= 0.6 is 11.3 Å². The molecule has 4 rings (SSSR count). The van der Waals surface area contributed by atoms with Crippen molar-refractivity contribution in [1.82, 2.24) is 30.4 Å². The summed E-state index contributed by atoms with van der Waals surface area (Å²) in [5.41, 5.74) is 0.116. The Morgan fingerprint density at radius 1 is 1.29 bits per heavy atom. The zero-order valence-corrected chi connectivity index (χ0v) is 20.8. The minimum Gasteiger partial charge on any atom is -0.376 e. The van der Waals surface area contributed by atoms with Crippen LogP contribution in [0.3, 0.4) is 0 Å². The highest BCUT2D eigenvalue weighted by atomic mass is 32.1. The highest BCUT2D eigenvalue weighted by molar-refractivity contribution is 7.10. The maximum absolute atomic E-state index is 13.6. The fourth-order valence-corrected chi connectivity index (χ4v) is 4.74. The topological polar surface area (TPSA) is 102 Å². The first-order valence-corrected chi connectivity index (χ1v) is 12.4. The highest BCUT2D eigenvalue weighted by Crippen LogP contribution is 2.28. The number of thiophene rings is 1. The van der Waals surface area contributed by atoms with Gasteiger partial charge >= 0.3 is 0 Å².